The minimum Gasteiger partial charge on any atom is -0.478 e. The Kier molecular flexibility index (Phi) is 22.7. The molecule has 2 amide bonds. The molecule has 7 nitrogen and oxygen atoms in total. The van der Waals surface area contributed by atoms with Crippen LogP contribution >= 0.6 is 0 Å². The van der Waals surface area contributed by atoms with Gasteiger partial charge in [0.05, 0.1) is 0 Å². The van der Waals surface area contributed by atoms with Crippen LogP contribution in [-0.2, 0) is 14.4 Å². The number of rotatable bonds is 21. The van der Waals surface area contributed by atoms with Crippen LogP contribution in [0.3, 0.4) is 0 Å². The molecule has 0 rings (SSSR count). The number of hydrogen-bond donors (Lipinski definition) is 3. The van der Waals surface area contributed by atoms with E-state index in [9.17, 15) is 14.4 Å². The first-order chi connectivity index (χ1) is 17.5. The Hall–Kier alpha value is -3.19. The van der Waals surface area contributed by atoms with Crippen molar-refractivity contribution in [2.24, 2.45) is 0 Å². The van der Waals surface area contributed by atoms with Gasteiger partial charge in [-0.1, -0.05) is 67.7 Å². The number of carboxylic acids is 1. The second-order valence-electron chi connectivity index (χ2n) is 8.22. The van der Waals surface area contributed by atoms with E-state index in [2.05, 4.69) is 78.3 Å². The van der Waals surface area contributed by atoms with Crippen LogP contribution in [0.25, 0.3) is 0 Å². The lowest BCUT2D eigenvalue weighted by Crippen LogP contribution is -2.37. The molecule has 0 spiro atoms. The summed E-state index contributed by atoms with van der Waals surface area (Å²) in [7, 11) is 1.90. The van der Waals surface area contributed by atoms with E-state index >= 15 is 0 Å². The monoisotopic (exact) mass is 499 g/mol. The Morgan fingerprint density at radius 3 is 1.75 bits per heavy atom. The number of carbonyl (C=O) groups excluding carboxylic acids is 2. The molecule has 0 aliphatic rings. The molecule has 0 atom stereocenters. The molecule has 0 aromatic rings. The molecule has 0 aromatic heterocycles. The number of nitrogens with one attached hydrogen (secondary N) is 2. The zero-order valence-corrected chi connectivity index (χ0v) is 22.0. The zero-order chi connectivity index (χ0) is 26.7. The van der Waals surface area contributed by atoms with Crippen molar-refractivity contribution in [1.29, 1.82) is 0 Å². The number of unbranched alkanes of at least 4 members (excludes halogenated alkanes) is 1. The Balaban J connectivity index is 3.65. The maximum Gasteiger partial charge on any atom is 0.328 e. The van der Waals surface area contributed by atoms with Crippen LogP contribution in [0.15, 0.2) is 72.9 Å². The van der Waals surface area contributed by atoms with E-state index in [1.54, 1.807) is 0 Å². The fraction of sp³-hybridized carbons (Fsp3) is 0.483. The van der Waals surface area contributed by atoms with E-state index in [4.69, 9.17) is 5.11 Å². The molecule has 36 heavy (non-hydrogen) atoms. The Morgan fingerprint density at radius 1 is 0.722 bits per heavy atom. The van der Waals surface area contributed by atoms with Crippen molar-refractivity contribution in [2.75, 3.05) is 33.2 Å². The molecular weight excluding hydrogens is 454 g/mol. The first-order valence-electron chi connectivity index (χ1n) is 12.8. The van der Waals surface area contributed by atoms with Crippen LogP contribution < -0.4 is 10.6 Å². The van der Waals surface area contributed by atoms with Crippen molar-refractivity contribution in [1.82, 2.24) is 15.5 Å². The van der Waals surface area contributed by atoms with Gasteiger partial charge >= 0.3 is 5.97 Å². The van der Waals surface area contributed by atoms with Gasteiger partial charge < -0.3 is 20.6 Å². The molecule has 0 aromatic carbocycles. The zero-order valence-electron chi connectivity index (χ0n) is 22.0. The third-order valence-electron chi connectivity index (χ3n) is 4.92. The van der Waals surface area contributed by atoms with E-state index in [-0.39, 0.29) is 5.91 Å². The number of likely N-dealkylation sites (N-methyl/N-ethyl adjacent to an activating group) is 1. The molecule has 0 unspecified atom stereocenters. The summed E-state index contributed by atoms with van der Waals surface area (Å²) in [5.41, 5.74) is 0. The van der Waals surface area contributed by atoms with Gasteiger partial charge in [0.2, 0.25) is 11.8 Å². The molecule has 0 saturated carbocycles. The quantitative estimate of drug-likeness (QED) is 0.121. The van der Waals surface area contributed by atoms with E-state index in [1.165, 1.54) is 0 Å². The van der Waals surface area contributed by atoms with Gasteiger partial charge in [-0.25, -0.2) is 4.79 Å². The van der Waals surface area contributed by atoms with Crippen molar-refractivity contribution < 1.29 is 19.5 Å². The van der Waals surface area contributed by atoms with Gasteiger partial charge in [0.1, 0.15) is 0 Å². The highest BCUT2D eigenvalue weighted by atomic mass is 16.4. The molecule has 0 aliphatic heterocycles. The average molecular weight is 500 g/mol. The minimum atomic E-state index is -1.16. The van der Waals surface area contributed by atoms with Gasteiger partial charge in [0.25, 0.3) is 0 Å². The highest BCUT2D eigenvalue weighted by molar-refractivity contribution is 5.93. The molecule has 0 heterocycles. The summed E-state index contributed by atoms with van der Waals surface area (Å²) >= 11 is 0. The van der Waals surface area contributed by atoms with Crippen LogP contribution in [0, 0.1) is 0 Å². The Labute approximate surface area is 217 Å². The van der Waals surface area contributed by atoms with Crippen LogP contribution in [0.2, 0.25) is 0 Å². The highest BCUT2D eigenvalue weighted by Gasteiger charge is 2.03. The fourth-order valence-electron chi connectivity index (χ4n) is 2.91. The van der Waals surface area contributed by atoms with Crippen molar-refractivity contribution in [2.45, 2.75) is 58.3 Å². The SMILES string of the molecule is CCC=CCC=CCC=CCC=CCC=CCCCC(=O)NCCN(C)CCNC(=O)C=CC(=O)O. The van der Waals surface area contributed by atoms with Crippen molar-refractivity contribution in [3.8, 4) is 0 Å². The molecule has 0 fully saturated rings. The first-order valence-corrected chi connectivity index (χ1v) is 12.8. The van der Waals surface area contributed by atoms with Gasteiger partial charge in [-0.2, -0.15) is 0 Å². The highest BCUT2D eigenvalue weighted by Crippen LogP contribution is 1.99. The third-order valence-corrected chi connectivity index (χ3v) is 4.92. The summed E-state index contributed by atoms with van der Waals surface area (Å²) < 4.78 is 0. The summed E-state index contributed by atoms with van der Waals surface area (Å²) in [6.45, 7) is 4.36. The van der Waals surface area contributed by atoms with Crippen molar-refractivity contribution in [3.05, 3.63) is 72.9 Å². The number of allylic oxidation sites excluding steroid dienone is 10. The minimum absolute atomic E-state index is 0.0443. The molecule has 7 heteroatoms. The predicted octanol–water partition coefficient (Wildman–Crippen LogP) is 4.71. The normalized spacial score (nSPS) is 12.4. The largest absolute Gasteiger partial charge is 0.478 e. The molecular formula is C29H45N3O4. The van der Waals surface area contributed by atoms with Crippen molar-refractivity contribution in [3.63, 3.8) is 0 Å². The maximum atomic E-state index is 11.9. The molecule has 0 aliphatic carbocycles. The third kappa shape index (κ3) is 25.4. The first kappa shape index (κ1) is 32.8. The van der Waals surface area contributed by atoms with E-state index < -0.39 is 11.9 Å². The van der Waals surface area contributed by atoms with E-state index in [0.29, 0.717) is 32.6 Å². The van der Waals surface area contributed by atoms with E-state index in [0.717, 1.165) is 57.1 Å². The van der Waals surface area contributed by atoms with Crippen LogP contribution in [0.5, 0.6) is 0 Å². The summed E-state index contributed by atoms with van der Waals surface area (Å²) in [5.74, 6) is -1.55. The van der Waals surface area contributed by atoms with Gasteiger partial charge in [-0.3, -0.25) is 9.59 Å². The van der Waals surface area contributed by atoms with Gasteiger partial charge in [0, 0.05) is 44.8 Å². The lowest BCUT2D eigenvalue weighted by atomic mass is 10.2. The Bertz CT molecular complexity index is 779. The number of amides is 2. The number of hydrogen-bond acceptors (Lipinski definition) is 4. The molecule has 0 bridgehead atoms. The second kappa shape index (κ2) is 24.9. The predicted molar refractivity (Wildman–Crippen MR) is 149 cm³/mol. The summed E-state index contributed by atoms with van der Waals surface area (Å²) in [5, 5.41) is 14.0. The molecule has 200 valence electrons. The number of nitrogens with zero attached hydrogens (tertiary/aromatic N) is 1. The lowest BCUT2D eigenvalue weighted by Gasteiger charge is -2.16. The number of aliphatic carboxylic acids is 1. The smallest absolute Gasteiger partial charge is 0.328 e. The Morgan fingerprint density at radius 2 is 1.22 bits per heavy atom. The molecule has 0 radical (unpaired) electrons. The maximum absolute atomic E-state index is 11.9. The second-order valence-corrected chi connectivity index (χ2v) is 8.22. The lowest BCUT2D eigenvalue weighted by molar-refractivity contribution is -0.131. The average Bonchev–Trinajstić information content (AvgIpc) is 2.84. The summed E-state index contributed by atoms with van der Waals surface area (Å²) in [6.07, 6.45) is 30.7. The number of carboxylic acid groups (broad SMARTS) is 1. The summed E-state index contributed by atoms with van der Waals surface area (Å²) in [4.78, 5) is 35.6. The topological polar surface area (TPSA) is 98.7 Å². The van der Waals surface area contributed by atoms with Crippen molar-refractivity contribution >= 4 is 17.8 Å². The van der Waals surface area contributed by atoms with Crippen LogP contribution in [0.1, 0.15) is 58.3 Å². The van der Waals surface area contributed by atoms with E-state index in [1.807, 2.05) is 11.9 Å². The molecule has 0 saturated heterocycles. The van der Waals surface area contributed by atoms with Gasteiger partial charge in [-0.05, 0) is 52.0 Å². The summed E-state index contributed by atoms with van der Waals surface area (Å²) in [6, 6.07) is 0. The number of carbonyl (C=O) groups is 3. The fourth-order valence-corrected chi connectivity index (χ4v) is 2.91. The van der Waals surface area contributed by atoms with Gasteiger partial charge in [-0.15, -0.1) is 0 Å². The molecule has 3 N–H and O–H groups in total. The van der Waals surface area contributed by atoms with Crippen LogP contribution in [0.4, 0.5) is 0 Å². The standard InChI is InChI=1S/C29H45N3O4/c1-3-4-5-6-7-8-9-10-11-12-13-14-15-16-17-18-19-20-27(33)30-23-25-32(2)26-24-31-28(34)21-22-29(35)36/h4-5,7-8,10-11,13-14,16-17,21-22H,3,6,9,12,15,18-20,23-26H2,1-2H3,(H,30,33)(H,31,34)(H,35,36). The van der Waals surface area contributed by atoms with Gasteiger partial charge in [0.15, 0.2) is 0 Å². The van der Waals surface area contributed by atoms with Crippen LogP contribution in [-0.4, -0.2) is 61.0 Å².